The third-order valence-electron chi connectivity index (χ3n) is 4.09. The largest absolute Gasteiger partial charge is 0.381 e. The number of nitrogens with zero attached hydrogens (tertiary/aromatic N) is 1. The fourth-order valence-electron chi connectivity index (χ4n) is 2.99. The number of hydrogen-bond acceptors (Lipinski definition) is 3. The maximum Gasteiger partial charge on any atom is 0.250 e. The molecular weight excluding hydrogens is 290 g/mol. The van der Waals surface area contributed by atoms with Crippen molar-refractivity contribution < 1.29 is 9.59 Å². The van der Waals surface area contributed by atoms with Crippen molar-refractivity contribution >= 4 is 17.4 Å². The molecule has 1 aliphatic rings. The third-order valence-corrected chi connectivity index (χ3v) is 4.09. The highest BCUT2D eigenvalue weighted by molar-refractivity contribution is 5.99. The zero-order chi connectivity index (χ0) is 16.4. The van der Waals surface area contributed by atoms with Crippen molar-refractivity contribution in [3.8, 4) is 5.69 Å². The molecule has 0 unspecified atom stereocenters. The summed E-state index contributed by atoms with van der Waals surface area (Å²) in [6.45, 7) is 4.20. The molecule has 0 aliphatic heterocycles. The van der Waals surface area contributed by atoms with Gasteiger partial charge in [-0.2, -0.15) is 0 Å². The third kappa shape index (κ3) is 2.77. The number of aromatic nitrogens is 1. The zero-order valence-electron chi connectivity index (χ0n) is 12.8. The molecule has 2 aromatic rings. The molecule has 0 spiro atoms. The number of primary amides is 1. The summed E-state index contributed by atoms with van der Waals surface area (Å²) in [6.07, 6.45) is 5.99. The summed E-state index contributed by atoms with van der Waals surface area (Å²) < 4.78 is 2.01. The van der Waals surface area contributed by atoms with Crippen LogP contribution in [0.4, 0.5) is 5.69 Å². The number of carbonyl (C=O) groups excluding carboxylic acids is 2. The van der Waals surface area contributed by atoms with Crippen LogP contribution >= 0.6 is 0 Å². The second-order valence-corrected chi connectivity index (χ2v) is 5.59. The van der Waals surface area contributed by atoms with E-state index in [9.17, 15) is 9.59 Å². The van der Waals surface area contributed by atoms with E-state index in [1.807, 2.05) is 29.0 Å². The Labute approximate surface area is 134 Å². The number of rotatable bonds is 5. The Bertz CT molecular complexity index is 790. The number of fused-ring (bicyclic) bond motifs is 1. The smallest absolute Gasteiger partial charge is 0.250 e. The average Bonchev–Trinajstić information content (AvgIpc) is 2.98. The fourth-order valence-corrected chi connectivity index (χ4v) is 2.99. The van der Waals surface area contributed by atoms with E-state index in [1.165, 1.54) is 0 Å². The summed E-state index contributed by atoms with van der Waals surface area (Å²) in [5.74, 6) is -0.281. The highest BCUT2D eigenvalue weighted by Crippen LogP contribution is 2.27. The first-order valence-corrected chi connectivity index (χ1v) is 7.64. The van der Waals surface area contributed by atoms with Gasteiger partial charge in [-0.1, -0.05) is 6.08 Å². The lowest BCUT2D eigenvalue weighted by Crippen LogP contribution is -2.16. The molecule has 1 amide bonds. The number of anilines is 1. The molecule has 0 radical (unpaired) electrons. The van der Waals surface area contributed by atoms with E-state index in [0.717, 1.165) is 29.8 Å². The lowest BCUT2D eigenvalue weighted by molar-refractivity contribution is 0.0970. The number of Topliss-reactive ketones (excluding diaryl/α,β-unsaturated/α-hetero) is 1. The Morgan fingerprint density at radius 2 is 2.17 bits per heavy atom. The van der Waals surface area contributed by atoms with Crippen molar-refractivity contribution in [3.63, 3.8) is 0 Å². The van der Waals surface area contributed by atoms with Gasteiger partial charge >= 0.3 is 0 Å². The quantitative estimate of drug-likeness (QED) is 0.834. The lowest BCUT2D eigenvalue weighted by atomic mass is 9.96. The fraction of sp³-hybridized carbons (Fsp3) is 0.222. The molecule has 5 heteroatoms. The highest BCUT2D eigenvalue weighted by Gasteiger charge is 2.21. The van der Waals surface area contributed by atoms with E-state index >= 15 is 0 Å². The predicted molar refractivity (Wildman–Crippen MR) is 90.2 cm³/mol. The number of hydrogen-bond donors (Lipinski definition) is 2. The summed E-state index contributed by atoms with van der Waals surface area (Å²) in [5.41, 5.74) is 9.26. The molecule has 1 heterocycles. The van der Waals surface area contributed by atoms with E-state index in [1.54, 1.807) is 12.1 Å². The van der Waals surface area contributed by atoms with Gasteiger partial charge in [-0.25, -0.2) is 0 Å². The molecule has 3 rings (SSSR count). The molecule has 5 nitrogen and oxygen atoms in total. The first-order valence-electron chi connectivity index (χ1n) is 7.64. The molecule has 0 fully saturated rings. The number of carbonyl (C=O) groups is 2. The van der Waals surface area contributed by atoms with Crippen LogP contribution < -0.4 is 11.1 Å². The summed E-state index contributed by atoms with van der Waals surface area (Å²) in [7, 11) is 0. The second-order valence-electron chi connectivity index (χ2n) is 5.59. The Kier molecular flexibility index (Phi) is 4.02. The summed E-state index contributed by atoms with van der Waals surface area (Å²) in [5, 5.41) is 3.14. The minimum atomic E-state index is -0.479. The van der Waals surface area contributed by atoms with Crippen molar-refractivity contribution in [2.75, 3.05) is 11.9 Å². The Balaban J connectivity index is 2.05. The molecule has 118 valence electrons. The minimum absolute atomic E-state index is 0.198. The normalized spacial score (nSPS) is 13.5. The molecule has 23 heavy (non-hydrogen) atoms. The minimum Gasteiger partial charge on any atom is -0.381 e. The first-order chi connectivity index (χ1) is 11.1. The topological polar surface area (TPSA) is 77.1 Å². The number of nitrogens with two attached hydrogens (primary N) is 1. The monoisotopic (exact) mass is 309 g/mol. The van der Waals surface area contributed by atoms with Gasteiger partial charge in [0.15, 0.2) is 5.78 Å². The molecule has 1 aromatic heterocycles. The second kappa shape index (κ2) is 6.12. The van der Waals surface area contributed by atoms with Gasteiger partial charge in [0.1, 0.15) is 0 Å². The van der Waals surface area contributed by atoms with Crippen molar-refractivity contribution in [1.29, 1.82) is 0 Å². The van der Waals surface area contributed by atoms with Crippen LogP contribution in [-0.2, 0) is 6.42 Å². The molecule has 3 N–H and O–H groups in total. The van der Waals surface area contributed by atoms with E-state index in [4.69, 9.17) is 5.73 Å². The molecule has 0 saturated heterocycles. The first kappa shape index (κ1) is 15.1. The lowest BCUT2D eigenvalue weighted by Gasteiger charge is -2.17. The SMILES string of the molecule is C=CCNc1cc(-n2ccc3c2CCCC3=O)ccc1C(N)=O. The van der Waals surface area contributed by atoms with Crippen molar-refractivity contribution in [1.82, 2.24) is 4.57 Å². The van der Waals surface area contributed by atoms with Gasteiger partial charge < -0.3 is 15.6 Å². The molecule has 1 aliphatic carbocycles. The standard InChI is InChI=1S/C18H19N3O2/c1-2-9-20-15-11-12(6-7-13(15)18(19)23)21-10-8-14-16(21)4-3-5-17(14)22/h2,6-8,10-11,20H,1,3-5,9H2,(H2,19,23). The van der Waals surface area contributed by atoms with Crippen molar-refractivity contribution in [3.05, 3.63) is 59.9 Å². The van der Waals surface area contributed by atoms with Crippen LogP contribution in [0.25, 0.3) is 5.69 Å². The van der Waals surface area contributed by atoms with Gasteiger partial charge in [0.05, 0.1) is 5.56 Å². The van der Waals surface area contributed by atoms with Gasteiger partial charge in [0.25, 0.3) is 5.91 Å². The summed E-state index contributed by atoms with van der Waals surface area (Å²) in [4.78, 5) is 23.5. The molecule has 1 aromatic carbocycles. The van der Waals surface area contributed by atoms with E-state index in [2.05, 4.69) is 11.9 Å². The maximum absolute atomic E-state index is 12.0. The predicted octanol–water partition coefficient (Wildman–Crippen LogP) is 2.69. The van der Waals surface area contributed by atoms with Gasteiger partial charge in [-0.3, -0.25) is 9.59 Å². The summed E-state index contributed by atoms with van der Waals surface area (Å²) >= 11 is 0. The molecule has 0 saturated carbocycles. The highest BCUT2D eigenvalue weighted by atomic mass is 16.1. The van der Waals surface area contributed by atoms with Crippen LogP contribution in [0.1, 0.15) is 39.3 Å². The Morgan fingerprint density at radius 1 is 1.35 bits per heavy atom. The van der Waals surface area contributed by atoms with Crippen LogP contribution in [0.5, 0.6) is 0 Å². The van der Waals surface area contributed by atoms with Gasteiger partial charge in [0, 0.05) is 41.8 Å². The molecule has 0 bridgehead atoms. The molecular formula is C18H19N3O2. The zero-order valence-corrected chi connectivity index (χ0v) is 12.8. The van der Waals surface area contributed by atoms with Gasteiger partial charge in [-0.15, -0.1) is 6.58 Å². The number of benzene rings is 1. The van der Waals surface area contributed by atoms with Crippen LogP contribution in [0.15, 0.2) is 43.1 Å². The van der Waals surface area contributed by atoms with Crippen LogP contribution in [0.3, 0.4) is 0 Å². The number of amides is 1. The molecule has 0 atom stereocenters. The van der Waals surface area contributed by atoms with Crippen LogP contribution in [-0.4, -0.2) is 22.8 Å². The van der Waals surface area contributed by atoms with E-state index in [-0.39, 0.29) is 5.78 Å². The van der Waals surface area contributed by atoms with Gasteiger partial charge in [-0.05, 0) is 37.1 Å². The van der Waals surface area contributed by atoms with Crippen molar-refractivity contribution in [2.45, 2.75) is 19.3 Å². The van der Waals surface area contributed by atoms with Gasteiger partial charge in [0.2, 0.25) is 0 Å². The van der Waals surface area contributed by atoms with E-state index < -0.39 is 5.91 Å². The van der Waals surface area contributed by atoms with Crippen LogP contribution in [0.2, 0.25) is 0 Å². The Morgan fingerprint density at radius 3 is 2.91 bits per heavy atom. The maximum atomic E-state index is 12.0. The average molecular weight is 309 g/mol. The Hall–Kier alpha value is -2.82. The van der Waals surface area contributed by atoms with Crippen LogP contribution in [0, 0.1) is 0 Å². The van der Waals surface area contributed by atoms with E-state index in [0.29, 0.717) is 24.2 Å². The number of ketones is 1. The van der Waals surface area contributed by atoms with Crippen molar-refractivity contribution in [2.24, 2.45) is 5.73 Å². The summed E-state index contributed by atoms with van der Waals surface area (Å²) in [6, 6.07) is 7.30. The number of nitrogens with one attached hydrogen (secondary N) is 1.